The number of Topliss-reactive ketones (excluding diaryl/α,β-unsaturated/α-hetero) is 1. The SMILES string of the molecule is Cc1[nH]c2ccccc2c1C(=O)C(=O)N[C@H]1COc2ccccc21. The van der Waals surface area contributed by atoms with Crippen molar-refractivity contribution in [2.45, 2.75) is 13.0 Å². The zero-order valence-corrected chi connectivity index (χ0v) is 13.1. The van der Waals surface area contributed by atoms with Crippen molar-refractivity contribution in [3.05, 3.63) is 65.4 Å². The van der Waals surface area contributed by atoms with Crippen molar-refractivity contribution in [1.82, 2.24) is 10.3 Å². The highest BCUT2D eigenvalue weighted by molar-refractivity contribution is 6.45. The Labute approximate surface area is 138 Å². The highest BCUT2D eigenvalue weighted by Crippen LogP contribution is 2.31. The number of H-pyrrole nitrogens is 1. The van der Waals surface area contributed by atoms with Crippen LogP contribution in [0.15, 0.2) is 48.5 Å². The zero-order valence-electron chi connectivity index (χ0n) is 13.1. The first-order chi connectivity index (χ1) is 11.6. The van der Waals surface area contributed by atoms with Crippen molar-refractivity contribution in [2.24, 2.45) is 0 Å². The largest absolute Gasteiger partial charge is 0.491 e. The number of carbonyl (C=O) groups excluding carboxylic acids is 2. The maximum absolute atomic E-state index is 12.7. The quantitative estimate of drug-likeness (QED) is 0.576. The topological polar surface area (TPSA) is 71.2 Å². The number of rotatable bonds is 3. The van der Waals surface area contributed by atoms with Gasteiger partial charge in [-0.05, 0) is 19.1 Å². The van der Waals surface area contributed by atoms with Crippen LogP contribution in [0.4, 0.5) is 0 Å². The van der Waals surface area contributed by atoms with Crippen molar-refractivity contribution in [2.75, 3.05) is 6.61 Å². The van der Waals surface area contributed by atoms with E-state index in [1.54, 1.807) is 6.92 Å². The second-order valence-electron chi connectivity index (χ2n) is 5.87. The van der Waals surface area contributed by atoms with Crippen LogP contribution < -0.4 is 10.1 Å². The van der Waals surface area contributed by atoms with Crippen LogP contribution in [0.2, 0.25) is 0 Å². The number of aryl methyl sites for hydroxylation is 1. The molecule has 120 valence electrons. The van der Waals surface area contributed by atoms with Gasteiger partial charge in [-0.3, -0.25) is 9.59 Å². The van der Waals surface area contributed by atoms with Crippen molar-refractivity contribution in [1.29, 1.82) is 0 Å². The van der Waals surface area contributed by atoms with Crippen LogP contribution in [0.3, 0.4) is 0 Å². The Morgan fingerprint density at radius 2 is 1.88 bits per heavy atom. The van der Waals surface area contributed by atoms with Gasteiger partial charge in [0.25, 0.3) is 11.7 Å². The lowest BCUT2D eigenvalue weighted by Gasteiger charge is -2.11. The second-order valence-corrected chi connectivity index (χ2v) is 5.87. The van der Waals surface area contributed by atoms with Crippen LogP contribution in [0.25, 0.3) is 10.9 Å². The molecular weight excluding hydrogens is 304 g/mol. The van der Waals surface area contributed by atoms with Gasteiger partial charge in [-0.1, -0.05) is 36.4 Å². The zero-order chi connectivity index (χ0) is 16.7. The summed E-state index contributed by atoms with van der Waals surface area (Å²) in [5.74, 6) is -0.402. The number of nitrogens with one attached hydrogen (secondary N) is 2. The molecule has 1 amide bonds. The number of hydrogen-bond acceptors (Lipinski definition) is 3. The Kier molecular flexibility index (Phi) is 3.34. The number of hydrogen-bond donors (Lipinski definition) is 2. The molecule has 5 nitrogen and oxygen atoms in total. The molecule has 4 rings (SSSR count). The summed E-state index contributed by atoms with van der Waals surface area (Å²) in [4.78, 5) is 28.3. The van der Waals surface area contributed by atoms with Crippen molar-refractivity contribution in [3.8, 4) is 5.75 Å². The molecular formula is C19H16N2O3. The fourth-order valence-electron chi connectivity index (χ4n) is 3.19. The van der Waals surface area contributed by atoms with Gasteiger partial charge >= 0.3 is 0 Å². The first kappa shape index (κ1) is 14.5. The summed E-state index contributed by atoms with van der Waals surface area (Å²) in [5, 5.41) is 3.55. The molecule has 0 radical (unpaired) electrons. The van der Waals surface area contributed by atoms with Crippen molar-refractivity contribution < 1.29 is 14.3 Å². The van der Waals surface area contributed by atoms with Gasteiger partial charge in [-0.2, -0.15) is 0 Å². The van der Waals surface area contributed by atoms with Gasteiger partial charge in [0, 0.05) is 22.2 Å². The summed E-state index contributed by atoms with van der Waals surface area (Å²) in [6.45, 7) is 2.14. The van der Waals surface area contributed by atoms with Gasteiger partial charge in [0.15, 0.2) is 0 Å². The average molecular weight is 320 g/mol. The third kappa shape index (κ3) is 2.25. The van der Waals surface area contributed by atoms with E-state index in [2.05, 4.69) is 10.3 Å². The predicted molar refractivity (Wildman–Crippen MR) is 90.2 cm³/mol. The van der Waals surface area contributed by atoms with E-state index in [1.165, 1.54) is 0 Å². The van der Waals surface area contributed by atoms with Crippen LogP contribution in [-0.2, 0) is 4.79 Å². The van der Waals surface area contributed by atoms with Gasteiger partial charge in [0.05, 0.1) is 11.6 Å². The van der Waals surface area contributed by atoms with Crippen LogP contribution in [0.1, 0.15) is 27.7 Å². The van der Waals surface area contributed by atoms with Gasteiger partial charge in [0.1, 0.15) is 12.4 Å². The van der Waals surface area contributed by atoms with E-state index >= 15 is 0 Å². The first-order valence-corrected chi connectivity index (χ1v) is 7.79. The molecule has 0 aliphatic carbocycles. The lowest BCUT2D eigenvalue weighted by atomic mass is 10.0. The molecule has 2 aromatic carbocycles. The number of benzene rings is 2. The molecule has 2 heterocycles. The molecule has 1 aliphatic heterocycles. The average Bonchev–Trinajstić information content (AvgIpc) is 3.14. The maximum Gasteiger partial charge on any atom is 0.293 e. The normalized spacial score (nSPS) is 15.8. The number of amides is 1. The Morgan fingerprint density at radius 3 is 2.75 bits per heavy atom. The highest BCUT2D eigenvalue weighted by Gasteiger charge is 2.29. The Hall–Kier alpha value is -3.08. The lowest BCUT2D eigenvalue weighted by Crippen LogP contribution is -2.35. The summed E-state index contributed by atoms with van der Waals surface area (Å²) in [6.07, 6.45) is 0. The second kappa shape index (κ2) is 5.53. The van der Waals surface area contributed by atoms with Crippen LogP contribution in [-0.4, -0.2) is 23.3 Å². The van der Waals surface area contributed by atoms with Crippen LogP contribution in [0.5, 0.6) is 5.75 Å². The highest BCUT2D eigenvalue weighted by atomic mass is 16.5. The smallest absolute Gasteiger partial charge is 0.293 e. The maximum atomic E-state index is 12.7. The van der Waals surface area contributed by atoms with E-state index in [0.29, 0.717) is 17.9 Å². The molecule has 2 N–H and O–H groups in total. The molecule has 0 saturated carbocycles. The van der Waals surface area contributed by atoms with E-state index in [9.17, 15) is 9.59 Å². The fraction of sp³-hybridized carbons (Fsp3) is 0.158. The number of aromatic nitrogens is 1. The Balaban J connectivity index is 1.61. The van der Waals surface area contributed by atoms with Gasteiger partial charge in [0.2, 0.25) is 0 Å². The van der Waals surface area contributed by atoms with Crippen molar-refractivity contribution in [3.63, 3.8) is 0 Å². The standard InChI is InChI=1S/C19H16N2O3/c1-11-17(13-7-2-4-8-14(13)20-11)18(22)19(23)21-15-10-24-16-9-5-3-6-12(15)16/h2-9,15,20H,10H2,1H3,(H,21,23)/t15-/m0/s1. The van der Waals surface area contributed by atoms with Crippen molar-refractivity contribution >= 4 is 22.6 Å². The summed E-state index contributed by atoms with van der Waals surface area (Å²) < 4.78 is 5.54. The molecule has 1 aromatic heterocycles. The van der Waals surface area contributed by atoms with E-state index in [1.807, 2.05) is 48.5 Å². The molecule has 3 aromatic rings. The fourth-order valence-corrected chi connectivity index (χ4v) is 3.19. The van der Waals surface area contributed by atoms with E-state index in [0.717, 1.165) is 22.2 Å². The number of ether oxygens (including phenoxy) is 1. The Bertz CT molecular complexity index is 958. The van der Waals surface area contributed by atoms with Crippen LogP contribution >= 0.6 is 0 Å². The molecule has 0 unspecified atom stereocenters. The molecule has 0 fully saturated rings. The number of aromatic amines is 1. The van der Waals surface area contributed by atoms with E-state index < -0.39 is 11.7 Å². The van der Waals surface area contributed by atoms with E-state index in [4.69, 9.17) is 4.74 Å². The summed E-state index contributed by atoms with van der Waals surface area (Å²) >= 11 is 0. The Morgan fingerprint density at radius 1 is 1.12 bits per heavy atom. The number of carbonyl (C=O) groups is 2. The number of ketones is 1. The molecule has 24 heavy (non-hydrogen) atoms. The monoisotopic (exact) mass is 320 g/mol. The third-order valence-corrected chi connectivity index (χ3v) is 4.33. The summed E-state index contributed by atoms with van der Waals surface area (Å²) in [5.41, 5.74) is 2.87. The minimum atomic E-state index is -0.617. The molecule has 0 bridgehead atoms. The molecule has 1 atom stereocenters. The number of fused-ring (bicyclic) bond motifs is 2. The number of para-hydroxylation sites is 2. The molecule has 0 saturated heterocycles. The van der Waals surface area contributed by atoms with Crippen LogP contribution in [0, 0.1) is 6.92 Å². The minimum Gasteiger partial charge on any atom is -0.491 e. The lowest BCUT2D eigenvalue weighted by molar-refractivity contribution is -0.117. The van der Waals surface area contributed by atoms with E-state index in [-0.39, 0.29) is 6.04 Å². The third-order valence-electron chi connectivity index (χ3n) is 4.33. The minimum absolute atomic E-state index is 0.303. The van der Waals surface area contributed by atoms with Gasteiger partial charge in [-0.15, -0.1) is 0 Å². The molecule has 1 aliphatic rings. The first-order valence-electron chi connectivity index (χ1n) is 7.79. The summed E-state index contributed by atoms with van der Waals surface area (Å²) in [7, 11) is 0. The van der Waals surface area contributed by atoms with Gasteiger partial charge < -0.3 is 15.0 Å². The molecule has 5 heteroatoms. The predicted octanol–water partition coefficient (Wildman–Crippen LogP) is 2.91. The van der Waals surface area contributed by atoms with Gasteiger partial charge in [-0.25, -0.2) is 0 Å². The molecule has 0 spiro atoms. The summed E-state index contributed by atoms with van der Waals surface area (Å²) in [6, 6.07) is 14.7.